The van der Waals surface area contributed by atoms with Gasteiger partial charge in [0, 0.05) is 11.6 Å². The number of methoxy groups -OCH3 is 1. The van der Waals surface area contributed by atoms with Crippen molar-refractivity contribution in [2.75, 3.05) is 7.11 Å². The van der Waals surface area contributed by atoms with Gasteiger partial charge in [0.2, 0.25) is 0 Å². The molecule has 104 valence electrons. The van der Waals surface area contributed by atoms with Crippen molar-refractivity contribution in [3.05, 3.63) is 36.4 Å². The number of hydrogen-bond donors (Lipinski definition) is 0. The highest BCUT2D eigenvalue weighted by Gasteiger charge is 2.08. The third kappa shape index (κ3) is 5.37. The molecular formula is C17H24O2. The second kappa shape index (κ2) is 7.88. The molecule has 0 aliphatic heterocycles. The van der Waals surface area contributed by atoms with Crippen molar-refractivity contribution >= 4 is 5.76 Å². The van der Waals surface area contributed by atoms with E-state index in [0.29, 0.717) is 11.5 Å². The van der Waals surface area contributed by atoms with Gasteiger partial charge in [-0.15, -0.1) is 0 Å². The van der Waals surface area contributed by atoms with E-state index in [1.165, 1.54) is 12.8 Å². The molecule has 0 fully saturated rings. The molecule has 2 radical (unpaired) electrons. The van der Waals surface area contributed by atoms with Crippen LogP contribution in [0.1, 0.15) is 45.6 Å². The average molecular weight is 260 g/mol. The minimum Gasteiger partial charge on any atom is -0.496 e. The Morgan fingerprint density at radius 2 is 2.11 bits per heavy atom. The first kappa shape index (κ1) is 15.6. The van der Waals surface area contributed by atoms with E-state index in [-0.39, 0.29) is 6.10 Å². The van der Waals surface area contributed by atoms with Crippen molar-refractivity contribution in [2.24, 2.45) is 5.92 Å². The summed E-state index contributed by atoms with van der Waals surface area (Å²) in [5.74, 6) is 1.86. The quantitative estimate of drug-likeness (QED) is 0.641. The zero-order chi connectivity index (χ0) is 14.3. The molecule has 0 heterocycles. The lowest BCUT2D eigenvalue weighted by Gasteiger charge is -2.17. The lowest BCUT2D eigenvalue weighted by atomic mass is 10.0. The molecule has 0 aliphatic rings. The van der Waals surface area contributed by atoms with Crippen LogP contribution < -0.4 is 4.74 Å². The molecule has 0 N–H and O–H groups in total. The van der Waals surface area contributed by atoms with Crippen LogP contribution in [0.5, 0.6) is 5.75 Å². The van der Waals surface area contributed by atoms with Gasteiger partial charge in [0.1, 0.15) is 11.5 Å². The van der Waals surface area contributed by atoms with E-state index in [4.69, 9.17) is 16.1 Å². The van der Waals surface area contributed by atoms with Crippen LogP contribution in [0.4, 0.5) is 0 Å². The Kier molecular flexibility index (Phi) is 6.48. The lowest BCUT2D eigenvalue weighted by molar-refractivity contribution is 0.199. The Bertz CT molecular complexity index is 398. The maximum absolute atomic E-state index is 5.86. The fourth-order valence-corrected chi connectivity index (χ4v) is 1.78. The SMILES string of the molecule is [CH]=C(OC)c1cc[c]c(OC(C)CCC(C)CC)c1. The summed E-state index contributed by atoms with van der Waals surface area (Å²) < 4.78 is 10.9. The fraction of sp³-hybridized carbons (Fsp3) is 0.529. The molecule has 0 aromatic heterocycles. The summed E-state index contributed by atoms with van der Waals surface area (Å²) in [4.78, 5) is 0. The Morgan fingerprint density at radius 1 is 1.37 bits per heavy atom. The van der Waals surface area contributed by atoms with Crippen LogP contribution in [0, 0.1) is 18.6 Å². The first-order valence-electron chi connectivity index (χ1n) is 6.92. The zero-order valence-electron chi connectivity index (χ0n) is 12.4. The molecule has 2 nitrogen and oxygen atoms in total. The highest BCUT2D eigenvalue weighted by atomic mass is 16.5. The largest absolute Gasteiger partial charge is 0.496 e. The highest BCUT2D eigenvalue weighted by molar-refractivity contribution is 5.57. The molecule has 2 unspecified atom stereocenters. The minimum absolute atomic E-state index is 0.185. The Labute approximate surface area is 117 Å². The highest BCUT2D eigenvalue weighted by Crippen LogP contribution is 2.21. The van der Waals surface area contributed by atoms with Crippen molar-refractivity contribution < 1.29 is 9.47 Å². The van der Waals surface area contributed by atoms with Crippen LogP contribution in [0.15, 0.2) is 18.2 Å². The van der Waals surface area contributed by atoms with Gasteiger partial charge in [-0.3, -0.25) is 0 Å². The third-order valence-electron chi connectivity index (χ3n) is 3.37. The average Bonchev–Trinajstić information content (AvgIpc) is 2.44. The first-order chi connectivity index (χ1) is 9.06. The first-order valence-corrected chi connectivity index (χ1v) is 6.92. The van der Waals surface area contributed by atoms with Crippen LogP contribution in [0.3, 0.4) is 0 Å². The topological polar surface area (TPSA) is 18.5 Å². The summed E-state index contributed by atoms with van der Waals surface area (Å²) in [6.45, 7) is 12.3. The summed E-state index contributed by atoms with van der Waals surface area (Å²) in [5.41, 5.74) is 0.824. The molecule has 0 saturated heterocycles. The summed E-state index contributed by atoms with van der Waals surface area (Å²) in [7, 11) is 1.56. The van der Waals surface area contributed by atoms with Crippen LogP contribution in [0.25, 0.3) is 5.76 Å². The van der Waals surface area contributed by atoms with E-state index in [1.807, 2.05) is 12.1 Å². The summed E-state index contributed by atoms with van der Waals surface area (Å²) in [5, 5.41) is 0. The van der Waals surface area contributed by atoms with E-state index in [9.17, 15) is 0 Å². The molecule has 0 bridgehead atoms. The van der Waals surface area contributed by atoms with E-state index >= 15 is 0 Å². The number of rotatable bonds is 8. The maximum atomic E-state index is 5.86. The van der Waals surface area contributed by atoms with Crippen molar-refractivity contribution in [1.82, 2.24) is 0 Å². The van der Waals surface area contributed by atoms with Gasteiger partial charge in [-0.25, -0.2) is 0 Å². The smallest absolute Gasteiger partial charge is 0.128 e. The van der Waals surface area contributed by atoms with Gasteiger partial charge < -0.3 is 9.47 Å². The molecule has 0 aliphatic carbocycles. The number of benzene rings is 1. The van der Waals surface area contributed by atoms with Gasteiger partial charge in [0.05, 0.1) is 13.2 Å². The molecule has 19 heavy (non-hydrogen) atoms. The number of ether oxygens (including phenoxy) is 2. The second-order valence-corrected chi connectivity index (χ2v) is 5.03. The van der Waals surface area contributed by atoms with Gasteiger partial charge in [0.15, 0.2) is 0 Å². The molecule has 0 spiro atoms. The van der Waals surface area contributed by atoms with Crippen LogP contribution in [-0.2, 0) is 4.74 Å². The zero-order valence-corrected chi connectivity index (χ0v) is 12.4. The Hall–Kier alpha value is -1.44. The van der Waals surface area contributed by atoms with E-state index in [0.717, 1.165) is 17.9 Å². The third-order valence-corrected chi connectivity index (χ3v) is 3.37. The molecule has 1 aromatic rings. The van der Waals surface area contributed by atoms with Gasteiger partial charge >= 0.3 is 0 Å². The van der Waals surface area contributed by atoms with Crippen molar-refractivity contribution in [3.63, 3.8) is 0 Å². The molecule has 1 rings (SSSR count). The molecule has 0 amide bonds. The van der Waals surface area contributed by atoms with Crippen LogP contribution in [-0.4, -0.2) is 13.2 Å². The lowest BCUT2D eigenvalue weighted by Crippen LogP contribution is -2.13. The molecule has 0 saturated carbocycles. The predicted molar refractivity (Wildman–Crippen MR) is 78.8 cm³/mol. The number of hydrogen-bond acceptors (Lipinski definition) is 2. The van der Waals surface area contributed by atoms with Gasteiger partial charge in [0.25, 0.3) is 0 Å². The van der Waals surface area contributed by atoms with Gasteiger partial charge in [-0.05, 0) is 44.4 Å². The Morgan fingerprint density at radius 3 is 2.74 bits per heavy atom. The van der Waals surface area contributed by atoms with Crippen LogP contribution in [0.2, 0.25) is 0 Å². The summed E-state index contributed by atoms with van der Waals surface area (Å²) >= 11 is 0. The van der Waals surface area contributed by atoms with E-state index in [2.05, 4.69) is 26.8 Å². The van der Waals surface area contributed by atoms with E-state index in [1.54, 1.807) is 13.2 Å². The maximum Gasteiger partial charge on any atom is 0.128 e. The van der Waals surface area contributed by atoms with Crippen molar-refractivity contribution in [3.8, 4) is 5.75 Å². The second-order valence-electron chi connectivity index (χ2n) is 5.03. The van der Waals surface area contributed by atoms with Gasteiger partial charge in [-0.1, -0.05) is 26.3 Å². The molecule has 2 heteroatoms. The fourth-order valence-electron chi connectivity index (χ4n) is 1.78. The van der Waals surface area contributed by atoms with E-state index < -0.39 is 0 Å². The molecule has 2 atom stereocenters. The molecular weight excluding hydrogens is 236 g/mol. The van der Waals surface area contributed by atoms with Crippen molar-refractivity contribution in [1.29, 1.82) is 0 Å². The normalized spacial score (nSPS) is 13.7. The van der Waals surface area contributed by atoms with Crippen molar-refractivity contribution in [2.45, 2.75) is 46.1 Å². The summed E-state index contributed by atoms with van der Waals surface area (Å²) in [6.07, 6.45) is 3.64. The predicted octanol–water partition coefficient (Wildman–Crippen LogP) is 4.50. The summed E-state index contributed by atoms with van der Waals surface area (Å²) in [6, 6.07) is 8.59. The standard InChI is InChI=1S/C17H24O2/c1-6-13(2)10-11-14(3)19-17-9-7-8-16(12-17)15(4)18-5/h4,7-8,12-14H,6,10-11H2,1-3,5H3. The van der Waals surface area contributed by atoms with Gasteiger partial charge in [-0.2, -0.15) is 0 Å². The van der Waals surface area contributed by atoms with Crippen LogP contribution >= 0.6 is 0 Å². The monoisotopic (exact) mass is 260 g/mol. The Balaban J connectivity index is 2.54. The molecule has 1 aromatic carbocycles. The minimum atomic E-state index is 0.185.